The van der Waals surface area contributed by atoms with Gasteiger partial charge in [0.2, 0.25) is 0 Å². The number of aromatic nitrogens is 2. The fraction of sp³-hybridized carbons (Fsp3) is 0.500. The normalized spacial score (nSPS) is 20.9. The van der Waals surface area contributed by atoms with E-state index in [2.05, 4.69) is 15.4 Å². The first-order chi connectivity index (χ1) is 8.26. The van der Waals surface area contributed by atoms with Crippen LogP contribution in [0.15, 0.2) is 17.4 Å². The number of ether oxygens (including phenoxy) is 1. The van der Waals surface area contributed by atoms with Gasteiger partial charge in [-0.25, -0.2) is 0 Å². The zero-order chi connectivity index (χ0) is 12.3. The summed E-state index contributed by atoms with van der Waals surface area (Å²) in [6.45, 7) is 1.56. The first-order valence-corrected chi connectivity index (χ1v) is 5.33. The molecule has 92 valence electrons. The fourth-order valence-electron chi connectivity index (χ4n) is 1.92. The van der Waals surface area contributed by atoms with Crippen LogP contribution in [0.2, 0.25) is 0 Å². The minimum atomic E-state index is 0.0377. The van der Waals surface area contributed by atoms with E-state index in [4.69, 9.17) is 15.7 Å². The maximum Gasteiger partial charge on any atom is 0.173 e. The van der Waals surface area contributed by atoms with Crippen LogP contribution in [0.5, 0.6) is 0 Å². The van der Waals surface area contributed by atoms with E-state index in [1.165, 1.54) is 6.20 Å². The second-order valence-electron chi connectivity index (χ2n) is 3.85. The monoisotopic (exact) mass is 237 g/mol. The molecule has 1 unspecified atom stereocenters. The van der Waals surface area contributed by atoms with Crippen molar-refractivity contribution in [3.63, 3.8) is 0 Å². The van der Waals surface area contributed by atoms with E-state index in [0.717, 1.165) is 19.5 Å². The Labute approximate surface area is 98.9 Å². The van der Waals surface area contributed by atoms with Crippen LogP contribution >= 0.6 is 0 Å². The lowest BCUT2D eigenvalue weighted by molar-refractivity contribution is 0.121. The number of methoxy groups -OCH3 is 1. The summed E-state index contributed by atoms with van der Waals surface area (Å²) in [7, 11) is 1.69. The first-order valence-electron chi connectivity index (χ1n) is 5.33. The molecule has 1 atom stereocenters. The third-order valence-electron chi connectivity index (χ3n) is 2.86. The van der Waals surface area contributed by atoms with Gasteiger partial charge >= 0.3 is 0 Å². The number of hydrogen-bond acceptors (Lipinski definition) is 6. The Morgan fingerprint density at radius 1 is 1.71 bits per heavy atom. The molecule has 3 N–H and O–H groups in total. The SMILES string of the molecule is COC1CCN(c2nnccc2/C(N)=N/O)C1. The molecule has 17 heavy (non-hydrogen) atoms. The Kier molecular flexibility index (Phi) is 3.38. The summed E-state index contributed by atoms with van der Waals surface area (Å²) in [5.74, 6) is 0.665. The summed E-state index contributed by atoms with van der Waals surface area (Å²) in [4.78, 5) is 2.02. The highest BCUT2D eigenvalue weighted by molar-refractivity contribution is 6.01. The number of nitrogens with two attached hydrogens (primary N) is 1. The van der Waals surface area contributed by atoms with Crippen molar-refractivity contribution >= 4 is 11.7 Å². The molecule has 7 heteroatoms. The van der Waals surface area contributed by atoms with Crippen LogP contribution in [0.25, 0.3) is 0 Å². The van der Waals surface area contributed by atoms with Crippen LogP contribution in [0, 0.1) is 0 Å². The summed E-state index contributed by atoms with van der Waals surface area (Å²) < 4.78 is 5.29. The van der Waals surface area contributed by atoms with Gasteiger partial charge in [-0.3, -0.25) is 0 Å². The Morgan fingerprint density at radius 2 is 2.53 bits per heavy atom. The number of oxime groups is 1. The van der Waals surface area contributed by atoms with Crippen LogP contribution in [-0.2, 0) is 4.74 Å². The van der Waals surface area contributed by atoms with Gasteiger partial charge in [-0.2, -0.15) is 5.10 Å². The van der Waals surface area contributed by atoms with Crippen LogP contribution in [0.3, 0.4) is 0 Å². The van der Waals surface area contributed by atoms with Crippen molar-refractivity contribution in [2.45, 2.75) is 12.5 Å². The van der Waals surface area contributed by atoms with Crippen molar-refractivity contribution in [3.8, 4) is 0 Å². The molecule has 2 heterocycles. The highest BCUT2D eigenvalue weighted by Crippen LogP contribution is 2.22. The van der Waals surface area contributed by atoms with Crippen LogP contribution < -0.4 is 10.6 Å². The maximum absolute atomic E-state index is 8.73. The van der Waals surface area contributed by atoms with Gasteiger partial charge in [0.05, 0.1) is 17.9 Å². The zero-order valence-corrected chi connectivity index (χ0v) is 9.58. The molecule has 1 aliphatic rings. The quantitative estimate of drug-likeness (QED) is 0.327. The summed E-state index contributed by atoms with van der Waals surface area (Å²) >= 11 is 0. The van der Waals surface area contributed by atoms with Gasteiger partial charge in [0.15, 0.2) is 11.7 Å². The van der Waals surface area contributed by atoms with Crippen molar-refractivity contribution in [3.05, 3.63) is 17.8 Å². The second kappa shape index (κ2) is 4.96. The molecule has 1 saturated heterocycles. The number of anilines is 1. The minimum absolute atomic E-state index is 0.0377. The molecule has 1 fully saturated rings. The van der Waals surface area contributed by atoms with Gasteiger partial charge in [-0.05, 0) is 12.5 Å². The Bertz CT molecular complexity index is 423. The fourth-order valence-corrected chi connectivity index (χ4v) is 1.92. The van der Waals surface area contributed by atoms with E-state index in [-0.39, 0.29) is 11.9 Å². The molecular formula is C10H15N5O2. The second-order valence-corrected chi connectivity index (χ2v) is 3.85. The smallest absolute Gasteiger partial charge is 0.173 e. The highest BCUT2D eigenvalue weighted by Gasteiger charge is 2.25. The molecule has 0 spiro atoms. The predicted molar refractivity (Wildman–Crippen MR) is 62.2 cm³/mol. The van der Waals surface area contributed by atoms with Gasteiger partial charge < -0.3 is 20.6 Å². The van der Waals surface area contributed by atoms with Crippen LogP contribution in [0.4, 0.5) is 5.82 Å². The van der Waals surface area contributed by atoms with Crippen LogP contribution in [-0.4, -0.2) is 47.5 Å². The Balaban J connectivity index is 2.27. The lowest BCUT2D eigenvalue weighted by Crippen LogP contribution is -2.27. The lowest BCUT2D eigenvalue weighted by Gasteiger charge is -2.18. The number of hydrogen-bond donors (Lipinski definition) is 2. The molecule has 0 aliphatic carbocycles. The first kappa shape index (κ1) is 11.6. The average molecular weight is 237 g/mol. The summed E-state index contributed by atoms with van der Waals surface area (Å²) in [6, 6.07) is 1.68. The van der Waals surface area contributed by atoms with E-state index < -0.39 is 0 Å². The molecular weight excluding hydrogens is 222 g/mol. The van der Waals surface area contributed by atoms with E-state index in [0.29, 0.717) is 11.4 Å². The predicted octanol–water partition coefficient (Wildman–Crippen LogP) is -0.204. The van der Waals surface area contributed by atoms with Gasteiger partial charge in [0, 0.05) is 20.2 Å². The molecule has 1 aromatic rings. The molecule has 0 aromatic carbocycles. The minimum Gasteiger partial charge on any atom is -0.409 e. The maximum atomic E-state index is 8.73. The van der Waals surface area contributed by atoms with E-state index >= 15 is 0 Å². The van der Waals surface area contributed by atoms with E-state index in [1.54, 1.807) is 13.2 Å². The average Bonchev–Trinajstić information content (AvgIpc) is 2.86. The van der Waals surface area contributed by atoms with Crippen molar-refractivity contribution in [2.24, 2.45) is 10.9 Å². The summed E-state index contributed by atoms with van der Waals surface area (Å²) in [5, 5.41) is 19.6. The van der Waals surface area contributed by atoms with Gasteiger partial charge in [0.1, 0.15) is 0 Å². The van der Waals surface area contributed by atoms with Gasteiger partial charge in [-0.15, -0.1) is 5.10 Å². The molecule has 0 radical (unpaired) electrons. The van der Waals surface area contributed by atoms with Crippen molar-refractivity contribution in [1.29, 1.82) is 0 Å². The molecule has 0 bridgehead atoms. The van der Waals surface area contributed by atoms with Crippen LogP contribution in [0.1, 0.15) is 12.0 Å². The largest absolute Gasteiger partial charge is 0.409 e. The van der Waals surface area contributed by atoms with Crippen molar-refractivity contribution in [2.75, 3.05) is 25.1 Å². The van der Waals surface area contributed by atoms with E-state index in [9.17, 15) is 0 Å². The van der Waals surface area contributed by atoms with E-state index in [1.807, 2.05) is 4.90 Å². The Morgan fingerprint density at radius 3 is 3.18 bits per heavy atom. The third-order valence-corrected chi connectivity index (χ3v) is 2.86. The summed E-state index contributed by atoms with van der Waals surface area (Å²) in [5.41, 5.74) is 6.19. The zero-order valence-electron chi connectivity index (χ0n) is 9.58. The van der Waals surface area contributed by atoms with Crippen molar-refractivity contribution < 1.29 is 9.94 Å². The lowest BCUT2D eigenvalue weighted by atomic mass is 10.2. The number of amidine groups is 1. The Hall–Kier alpha value is -1.89. The highest BCUT2D eigenvalue weighted by atomic mass is 16.5. The molecule has 1 aliphatic heterocycles. The topological polar surface area (TPSA) is 96.9 Å². The molecule has 0 saturated carbocycles. The molecule has 1 aromatic heterocycles. The standard InChI is InChI=1S/C10H15N5O2/c1-17-7-3-5-15(6-7)10-8(9(11)14-16)2-4-12-13-10/h2,4,7,16H,3,5-6H2,1H3,(H2,11,14). The van der Waals surface area contributed by atoms with Gasteiger partial charge in [0.25, 0.3) is 0 Å². The third kappa shape index (κ3) is 2.28. The van der Waals surface area contributed by atoms with Crippen molar-refractivity contribution in [1.82, 2.24) is 10.2 Å². The number of rotatable bonds is 3. The molecule has 0 amide bonds. The van der Waals surface area contributed by atoms with Gasteiger partial charge in [-0.1, -0.05) is 5.16 Å². The molecule has 7 nitrogen and oxygen atoms in total. The summed E-state index contributed by atoms with van der Waals surface area (Å²) in [6.07, 6.45) is 2.64. The molecule has 2 rings (SSSR count). The number of nitrogens with zero attached hydrogens (tertiary/aromatic N) is 4.